The van der Waals surface area contributed by atoms with Crippen LogP contribution in [0.3, 0.4) is 0 Å². The number of aromatic nitrogens is 2. The first-order valence-corrected chi connectivity index (χ1v) is 7.72. The standard InChI is InChI=1S/C14H10N2OS2/c1-18-12-7-6-9(8-15-12)14-16-13(17)10-4-2-3-5-11(10)19-14/h2-8H,1H3. The van der Waals surface area contributed by atoms with Crippen LogP contribution >= 0.6 is 23.1 Å². The monoisotopic (exact) mass is 286 g/mol. The van der Waals surface area contributed by atoms with Crippen molar-refractivity contribution in [2.75, 3.05) is 6.26 Å². The zero-order valence-electron chi connectivity index (χ0n) is 10.2. The van der Waals surface area contributed by atoms with Crippen molar-refractivity contribution in [2.45, 2.75) is 5.03 Å². The molecule has 0 amide bonds. The smallest absolute Gasteiger partial charge is 0.267 e. The van der Waals surface area contributed by atoms with Crippen LogP contribution in [0.5, 0.6) is 0 Å². The lowest BCUT2D eigenvalue weighted by Gasteiger charge is -2.02. The van der Waals surface area contributed by atoms with Gasteiger partial charge in [0.1, 0.15) is 5.01 Å². The number of hydrogen-bond acceptors (Lipinski definition) is 5. The molecule has 0 aliphatic carbocycles. The van der Waals surface area contributed by atoms with E-state index in [1.165, 1.54) is 11.3 Å². The van der Waals surface area contributed by atoms with Crippen LogP contribution in [-0.4, -0.2) is 16.2 Å². The molecule has 94 valence electrons. The normalized spacial score (nSPS) is 10.8. The van der Waals surface area contributed by atoms with Gasteiger partial charge in [-0.3, -0.25) is 4.79 Å². The summed E-state index contributed by atoms with van der Waals surface area (Å²) < 4.78 is 0.950. The molecule has 0 aliphatic heterocycles. The van der Waals surface area contributed by atoms with Gasteiger partial charge in [0.15, 0.2) is 0 Å². The minimum Gasteiger partial charge on any atom is -0.267 e. The highest BCUT2D eigenvalue weighted by Crippen LogP contribution is 2.26. The largest absolute Gasteiger partial charge is 0.279 e. The average Bonchev–Trinajstić information content (AvgIpc) is 2.47. The first-order valence-electron chi connectivity index (χ1n) is 5.68. The lowest BCUT2D eigenvalue weighted by atomic mass is 10.3. The predicted molar refractivity (Wildman–Crippen MR) is 80.9 cm³/mol. The molecule has 2 aromatic heterocycles. The molecular formula is C14H10N2OS2. The van der Waals surface area contributed by atoms with Gasteiger partial charge in [-0.15, -0.1) is 23.1 Å². The molecule has 0 fully saturated rings. The maximum absolute atomic E-state index is 12.0. The topological polar surface area (TPSA) is 42.9 Å². The summed E-state index contributed by atoms with van der Waals surface area (Å²) in [5.41, 5.74) is 0.698. The molecule has 0 atom stereocenters. The van der Waals surface area contributed by atoms with Crippen molar-refractivity contribution in [3.63, 3.8) is 0 Å². The molecule has 0 N–H and O–H groups in total. The van der Waals surface area contributed by atoms with Crippen LogP contribution in [0.4, 0.5) is 0 Å². The fourth-order valence-electron chi connectivity index (χ4n) is 1.76. The van der Waals surface area contributed by atoms with E-state index in [1.54, 1.807) is 24.0 Å². The van der Waals surface area contributed by atoms with Gasteiger partial charge in [-0.05, 0) is 30.5 Å². The molecule has 19 heavy (non-hydrogen) atoms. The first-order chi connectivity index (χ1) is 9.28. The third kappa shape index (κ3) is 2.39. The maximum Gasteiger partial charge on any atom is 0.279 e. The highest BCUT2D eigenvalue weighted by molar-refractivity contribution is 7.98. The van der Waals surface area contributed by atoms with Gasteiger partial charge in [0.25, 0.3) is 5.56 Å². The highest BCUT2D eigenvalue weighted by Gasteiger charge is 2.06. The number of hydrogen-bond donors (Lipinski definition) is 0. The molecule has 3 rings (SSSR count). The van der Waals surface area contributed by atoms with Gasteiger partial charge in [0.05, 0.1) is 10.4 Å². The van der Waals surface area contributed by atoms with Crippen LogP contribution < -0.4 is 5.56 Å². The van der Waals surface area contributed by atoms with Crippen LogP contribution in [0, 0.1) is 0 Å². The molecule has 0 radical (unpaired) electrons. The second-order valence-electron chi connectivity index (χ2n) is 3.91. The minimum absolute atomic E-state index is 0.182. The van der Waals surface area contributed by atoms with Gasteiger partial charge in [-0.1, -0.05) is 12.1 Å². The molecule has 0 spiro atoms. The van der Waals surface area contributed by atoms with E-state index in [4.69, 9.17) is 0 Å². The summed E-state index contributed by atoms with van der Waals surface area (Å²) in [6.07, 6.45) is 3.74. The van der Waals surface area contributed by atoms with E-state index in [0.717, 1.165) is 15.3 Å². The van der Waals surface area contributed by atoms with Gasteiger partial charge >= 0.3 is 0 Å². The Bertz CT molecular complexity index is 781. The number of rotatable bonds is 2. The first kappa shape index (κ1) is 12.3. The summed E-state index contributed by atoms with van der Waals surface area (Å²) in [5, 5.41) is 2.34. The molecule has 2 heterocycles. The van der Waals surface area contributed by atoms with Crippen molar-refractivity contribution in [2.24, 2.45) is 0 Å². The molecule has 1 aromatic carbocycles. The zero-order chi connectivity index (χ0) is 13.2. The quantitative estimate of drug-likeness (QED) is 0.677. The zero-order valence-corrected chi connectivity index (χ0v) is 11.8. The molecule has 0 bridgehead atoms. The molecule has 3 nitrogen and oxygen atoms in total. The summed E-state index contributed by atoms with van der Waals surface area (Å²) in [5.74, 6) is 0. The number of nitrogens with zero attached hydrogens (tertiary/aromatic N) is 2. The lowest BCUT2D eigenvalue weighted by Crippen LogP contribution is -2.05. The second-order valence-corrected chi connectivity index (χ2v) is 5.77. The Morgan fingerprint density at radius 2 is 2.00 bits per heavy atom. The van der Waals surface area contributed by atoms with Crippen LogP contribution in [0.25, 0.3) is 20.7 Å². The lowest BCUT2D eigenvalue weighted by molar-refractivity contribution is 1.14. The van der Waals surface area contributed by atoms with Crippen molar-refractivity contribution >= 4 is 33.2 Å². The number of benzene rings is 1. The molecule has 3 aromatic rings. The van der Waals surface area contributed by atoms with E-state index in [2.05, 4.69) is 9.97 Å². The number of thioether (sulfide) groups is 1. The van der Waals surface area contributed by atoms with Gasteiger partial charge in [-0.25, -0.2) is 4.98 Å². The Balaban J connectivity index is 2.16. The van der Waals surface area contributed by atoms with Gasteiger partial charge in [0.2, 0.25) is 0 Å². The highest BCUT2D eigenvalue weighted by atomic mass is 32.2. The summed E-state index contributed by atoms with van der Waals surface area (Å²) in [7, 11) is 0. The fraction of sp³-hybridized carbons (Fsp3) is 0.0714. The third-order valence-corrected chi connectivity index (χ3v) is 4.48. The third-order valence-electron chi connectivity index (χ3n) is 2.72. The Hall–Kier alpha value is -1.72. The van der Waals surface area contributed by atoms with Crippen molar-refractivity contribution in [1.82, 2.24) is 9.97 Å². The molecule has 0 unspecified atom stereocenters. The van der Waals surface area contributed by atoms with Crippen LogP contribution in [0.1, 0.15) is 0 Å². The van der Waals surface area contributed by atoms with Gasteiger partial charge < -0.3 is 0 Å². The van der Waals surface area contributed by atoms with Crippen molar-refractivity contribution < 1.29 is 0 Å². The summed E-state index contributed by atoms with van der Waals surface area (Å²) >= 11 is 3.10. The van der Waals surface area contributed by atoms with Crippen molar-refractivity contribution in [3.05, 3.63) is 52.9 Å². The second kappa shape index (κ2) is 5.11. The SMILES string of the molecule is CSc1ccc(-c2nc(=O)c3ccccc3s2)cn1. The summed E-state index contributed by atoms with van der Waals surface area (Å²) in [4.78, 5) is 20.4. The Labute approximate surface area is 118 Å². The van der Waals surface area contributed by atoms with Crippen molar-refractivity contribution in [1.29, 1.82) is 0 Å². The van der Waals surface area contributed by atoms with Crippen LogP contribution in [0.2, 0.25) is 0 Å². The minimum atomic E-state index is -0.182. The summed E-state index contributed by atoms with van der Waals surface area (Å²) in [6, 6.07) is 11.4. The Morgan fingerprint density at radius 3 is 2.74 bits per heavy atom. The molecular weight excluding hydrogens is 276 g/mol. The van der Waals surface area contributed by atoms with Crippen LogP contribution in [-0.2, 0) is 0 Å². The number of fused-ring (bicyclic) bond motifs is 1. The van der Waals surface area contributed by atoms with E-state index in [1.807, 2.05) is 36.6 Å². The Kier molecular flexibility index (Phi) is 3.31. The molecule has 5 heteroatoms. The van der Waals surface area contributed by atoms with E-state index in [9.17, 15) is 4.79 Å². The van der Waals surface area contributed by atoms with E-state index in [0.29, 0.717) is 10.4 Å². The predicted octanol–water partition coefficient (Wildman–Crippen LogP) is 3.44. The van der Waals surface area contributed by atoms with Crippen molar-refractivity contribution in [3.8, 4) is 10.6 Å². The van der Waals surface area contributed by atoms with E-state index in [-0.39, 0.29) is 5.56 Å². The maximum atomic E-state index is 12.0. The van der Waals surface area contributed by atoms with Gasteiger partial charge in [-0.2, -0.15) is 4.98 Å². The van der Waals surface area contributed by atoms with E-state index < -0.39 is 0 Å². The fourth-order valence-corrected chi connectivity index (χ4v) is 3.11. The average molecular weight is 286 g/mol. The Morgan fingerprint density at radius 1 is 1.16 bits per heavy atom. The number of pyridine rings is 1. The van der Waals surface area contributed by atoms with Crippen LogP contribution in [0.15, 0.2) is 52.4 Å². The molecule has 0 aliphatic rings. The van der Waals surface area contributed by atoms with E-state index >= 15 is 0 Å². The molecule has 0 saturated heterocycles. The molecule has 0 saturated carbocycles. The summed E-state index contributed by atoms with van der Waals surface area (Å²) in [6.45, 7) is 0. The van der Waals surface area contributed by atoms with Gasteiger partial charge in [0, 0.05) is 16.5 Å².